The molecule has 3 nitrogen and oxygen atoms in total. The number of rotatable bonds is 1. The predicted molar refractivity (Wildman–Crippen MR) is 44.1 cm³/mol. The van der Waals surface area contributed by atoms with E-state index in [0.29, 0.717) is 0 Å². The third-order valence-electron chi connectivity index (χ3n) is 1.86. The third kappa shape index (κ3) is 1.12. The molecular weight excluding hydrogens is 160 g/mol. The molecule has 0 amide bonds. The molecule has 1 N–H and O–H groups in total. The summed E-state index contributed by atoms with van der Waals surface area (Å²) in [5.41, 5.74) is 1.25. The minimum Gasteiger partial charge on any atom is -0.480 e. The van der Waals surface area contributed by atoms with Gasteiger partial charge < -0.3 is 10.1 Å². The van der Waals surface area contributed by atoms with E-state index in [-0.39, 0.29) is 0 Å². The number of fused-ring (bicyclic) bond motifs is 1. The molecule has 0 fully saturated rings. The lowest BCUT2D eigenvalue weighted by molar-refractivity contribution is 0.394. The van der Waals surface area contributed by atoms with Crippen molar-refractivity contribution in [2.24, 2.45) is 0 Å². The summed E-state index contributed by atoms with van der Waals surface area (Å²) in [6.07, 6.45) is 1.09. The van der Waals surface area contributed by atoms with E-state index in [1.54, 1.807) is 18.6 Å². The molecule has 1 aromatic rings. The molecule has 0 saturated heterocycles. The number of aromatic nitrogens is 1. The molecule has 4 heteroatoms. The smallest absolute Gasteiger partial charge is 0.229 e. The second kappa shape index (κ2) is 2.79. The van der Waals surface area contributed by atoms with Gasteiger partial charge in [-0.15, -0.1) is 0 Å². The zero-order valence-electron chi connectivity index (χ0n) is 6.39. The highest BCUT2D eigenvalue weighted by molar-refractivity contribution is 7.06. The second-order valence-corrected chi connectivity index (χ2v) is 3.38. The Labute approximate surface area is 69.5 Å². The van der Waals surface area contributed by atoms with E-state index in [2.05, 4.69) is 9.69 Å². The Morgan fingerprint density at radius 1 is 1.64 bits per heavy atom. The van der Waals surface area contributed by atoms with Gasteiger partial charge in [0.15, 0.2) is 0 Å². The molecular formula is C7H10N2OS. The number of nitrogens with zero attached hydrogens (tertiary/aromatic N) is 1. The van der Waals surface area contributed by atoms with Crippen LogP contribution in [0.3, 0.4) is 0 Å². The first-order valence-corrected chi connectivity index (χ1v) is 4.41. The van der Waals surface area contributed by atoms with Gasteiger partial charge in [-0.05, 0) is 18.0 Å². The van der Waals surface area contributed by atoms with Crippen LogP contribution in [0.2, 0.25) is 0 Å². The first-order valence-electron chi connectivity index (χ1n) is 3.64. The molecule has 1 aromatic heterocycles. The van der Waals surface area contributed by atoms with Crippen LogP contribution in [0.1, 0.15) is 10.4 Å². The van der Waals surface area contributed by atoms with Gasteiger partial charge in [0.25, 0.3) is 0 Å². The Kier molecular flexibility index (Phi) is 1.79. The van der Waals surface area contributed by atoms with Gasteiger partial charge in [0.05, 0.1) is 7.11 Å². The lowest BCUT2D eigenvalue weighted by atomic mass is 10.1. The van der Waals surface area contributed by atoms with Crippen LogP contribution in [0.25, 0.3) is 0 Å². The summed E-state index contributed by atoms with van der Waals surface area (Å²) in [4.78, 5) is 1.38. The maximum atomic E-state index is 5.11. The van der Waals surface area contributed by atoms with Crippen LogP contribution in [0.15, 0.2) is 0 Å². The van der Waals surface area contributed by atoms with Gasteiger partial charge in [0.2, 0.25) is 5.88 Å². The Bertz CT molecular complexity index is 245. The predicted octanol–water partition coefficient (Wildman–Crippen LogP) is 0.797. The average Bonchev–Trinajstić information content (AvgIpc) is 2.47. The van der Waals surface area contributed by atoms with Crippen LogP contribution < -0.4 is 10.1 Å². The molecule has 2 heterocycles. The van der Waals surface area contributed by atoms with Gasteiger partial charge in [-0.3, -0.25) is 0 Å². The van der Waals surface area contributed by atoms with Crippen LogP contribution in [0.4, 0.5) is 0 Å². The summed E-state index contributed by atoms with van der Waals surface area (Å²) in [5, 5.41) is 3.29. The van der Waals surface area contributed by atoms with Gasteiger partial charge >= 0.3 is 0 Å². The summed E-state index contributed by atoms with van der Waals surface area (Å²) >= 11 is 1.56. The quantitative estimate of drug-likeness (QED) is 0.677. The van der Waals surface area contributed by atoms with Crippen molar-refractivity contribution < 1.29 is 4.74 Å². The highest BCUT2D eigenvalue weighted by Crippen LogP contribution is 2.27. The van der Waals surface area contributed by atoms with Crippen LogP contribution in [0.5, 0.6) is 5.88 Å². The molecule has 60 valence electrons. The average molecular weight is 170 g/mol. The molecule has 0 aromatic carbocycles. The first-order chi connectivity index (χ1) is 5.42. The largest absolute Gasteiger partial charge is 0.480 e. The van der Waals surface area contributed by atoms with Crippen LogP contribution in [-0.2, 0) is 13.0 Å². The lowest BCUT2D eigenvalue weighted by Gasteiger charge is -2.11. The van der Waals surface area contributed by atoms with E-state index in [9.17, 15) is 0 Å². The fourth-order valence-electron chi connectivity index (χ4n) is 1.27. The summed E-state index contributed by atoms with van der Waals surface area (Å²) in [7, 11) is 1.67. The molecule has 0 saturated carbocycles. The number of ether oxygens (including phenoxy) is 1. The monoisotopic (exact) mass is 170 g/mol. The van der Waals surface area contributed by atoms with E-state index < -0.39 is 0 Å². The zero-order valence-corrected chi connectivity index (χ0v) is 7.20. The third-order valence-corrected chi connectivity index (χ3v) is 2.79. The standard InChI is InChI=1S/C7H10N2OS/c1-10-7-5-4-8-3-2-6(5)11-9-7/h8H,2-4H2,1H3. The van der Waals surface area contributed by atoms with Crippen LogP contribution >= 0.6 is 11.5 Å². The van der Waals surface area contributed by atoms with E-state index in [1.807, 2.05) is 0 Å². The fraction of sp³-hybridized carbons (Fsp3) is 0.571. The molecule has 0 atom stereocenters. The van der Waals surface area contributed by atoms with Crippen molar-refractivity contribution in [2.75, 3.05) is 13.7 Å². The van der Waals surface area contributed by atoms with E-state index in [1.165, 1.54) is 10.4 Å². The molecule has 1 aliphatic rings. The minimum absolute atomic E-state index is 0.803. The van der Waals surface area contributed by atoms with E-state index in [4.69, 9.17) is 4.74 Å². The summed E-state index contributed by atoms with van der Waals surface area (Å²) < 4.78 is 9.31. The van der Waals surface area contributed by atoms with Crippen molar-refractivity contribution in [3.8, 4) is 5.88 Å². The molecule has 0 spiro atoms. The topological polar surface area (TPSA) is 34.1 Å². The maximum Gasteiger partial charge on any atom is 0.229 e. The highest BCUT2D eigenvalue weighted by Gasteiger charge is 2.16. The van der Waals surface area contributed by atoms with Crippen molar-refractivity contribution >= 4 is 11.5 Å². The van der Waals surface area contributed by atoms with Crippen LogP contribution in [0, 0.1) is 0 Å². The number of hydrogen-bond donors (Lipinski definition) is 1. The molecule has 0 radical (unpaired) electrons. The summed E-state index contributed by atoms with van der Waals surface area (Å²) in [6, 6.07) is 0. The number of nitrogens with one attached hydrogen (secondary N) is 1. The normalized spacial score (nSPS) is 16.1. The zero-order chi connectivity index (χ0) is 7.68. The molecule has 2 rings (SSSR count). The molecule has 0 aliphatic carbocycles. The minimum atomic E-state index is 0.803. The van der Waals surface area contributed by atoms with Gasteiger partial charge in [0.1, 0.15) is 0 Å². The van der Waals surface area contributed by atoms with Crippen molar-refractivity contribution in [3.05, 3.63) is 10.4 Å². The van der Waals surface area contributed by atoms with Crippen molar-refractivity contribution in [1.29, 1.82) is 0 Å². The van der Waals surface area contributed by atoms with Crippen LogP contribution in [-0.4, -0.2) is 18.0 Å². The molecule has 11 heavy (non-hydrogen) atoms. The molecule has 0 bridgehead atoms. The lowest BCUT2D eigenvalue weighted by Crippen LogP contribution is -2.22. The first kappa shape index (κ1) is 7.06. The molecule has 0 unspecified atom stereocenters. The SMILES string of the molecule is COc1nsc2c1CNCC2. The summed E-state index contributed by atoms with van der Waals surface area (Å²) in [6.45, 7) is 1.98. The maximum absolute atomic E-state index is 5.11. The number of hydrogen-bond acceptors (Lipinski definition) is 4. The molecule has 1 aliphatic heterocycles. The fourth-order valence-corrected chi connectivity index (χ4v) is 2.11. The Hall–Kier alpha value is -0.610. The van der Waals surface area contributed by atoms with Gasteiger partial charge in [-0.25, -0.2) is 0 Å². The Balaban J connectivity index is 2.38. The number of methoxy groups -OCH3 is 1. The van der Waals surface area contributed by atoms with Gasteiger partial charge in [-0.1, -0.05) is 0 Å². The van der Waals surface area contributed by atoms with Gasteiger partial charge in [0, 0.05) is 23.5 Å². The highest BCUT2D eigenvalue weighted by atomic mass is 32.1. The van der Waals surface area contributed by atoms with Crippen molar-refractivity contribution in [3.63, 3.8) is 0 Å². The summed E-state index contributed by atoms with van der Waals surface area (Å²) in [5.74, 6) is 0.803. The Morgan fingerprint density at radius 3 is 3.36 bits per heavy atom. The van der Waals surface area contributed by atoms with E-state index >= 15 is 0 Å². The van der Waals surface area contributed by atoms with Crippen molar-refractivity contribution in [1.82, 2.24) is 9.69 Å². The van der Waals surface area contributed by atoms with Gasteiger partial charge in [-0.2, -0.15) is 4.37 Å². The van der Waals surface area contributed by atoms with E-state index in [0.717, 1.165) is 25.4 Å². The Morgan fingerprint density at radius 2 is 2.55 bits per heavy atom. The van der Waals surface area contributed by atoms with Crippen molar-refractivity contribution in [2.45, 2.75) is 13.0 Å². The second-order valence-electron chi connectivity index (χ2n) is 2.52.